The number of hydrogen-bond acceptors (Lipinski definition) is 5. The Balaban J connectivity index is 3.80. The van der Waals surface area contributed by atoms with Crippen LogP contribution in [0.4, 0.5) is 0 Å². The molecule has 0 spiro atoms. The number of esters is 2. The normalized spacial score (nSPS) is 13.5. The fourth-order valence-corrected chi connectivity index (χ4v) is 5.70. The van der Waals surface area contributed by atoms with Crippen molar-refractivity contribution < 1.29 is 24.2 Å². The minimum Gasteiger partial charge on any atom is -0.459 e. The van der Waals surface area contributed by atoms with E-state index in [-0.39, 0.29) is 11.9 Å². The molecule has 0 bridgehead atoms. The Labute approximate surface area is 261 Å². The van der Waals surface area contributed by atoms with E-state index in [0.29, 0.717) is 12.8 Å². The van der Waals surface area contributed by atoms with Gasteiger partial charge < -0.3 is 14.6 Å². The molecule has 0 aliphatic rings. The fraction of sp³-hybridized carbons (Fsp3) is 0.946. The molecule has 0 amide bonds. The molecule has 42 heavy (non-hydrogen) atoms. The summed E-state index contributed by atoms with van der Waals surface area (Å²) in [7, 11) is 0. The van der Waals surface area contributed by atoms with E-state index in [4.69, 9.17) is 9.47 Å². The molecule has 5 nitrogen and oxygen atoms in total. The quantitative estimate of drug-likeness (QED) is 0.0617. The summed E-state index contributed by atoms with van der Waals surface area (Å²) in [6.45, 7) is 7.81. The van der Waals surface area contributed by atoms with Gasteiger partial charge in [0.15, 0.2) is 6.10 Å². The number of ether oxygens (including phenoxy) is 2. The van der Waals surface area contributed by atoms with E-state index in [1.165, 1.54) is 128 Å². The maximum atomic E-state index is 12.4. The molecule has 0 radical (unpaired) electrons. The summed E-state index contributed by atoms with van der Waals surface area (Å²) in [6.07, 6.45) is 31.2. The first-order valence-electron chi connectivity index (χ1n) is 18.5. The first-order valence-corrected chi connectivity index (χ1v) is 18.5. The molecule has 0 aliphatic heterocycles. The van der Waals surface area contributed by atoms with Crippen LogP contribution in [-0.2, 0) is 19.1 Å². The minimum absolute atomic E-state index is 0.274. The van der Waals surface area contributed by atoms with E-state index in [0.717, 1.165) is 38.5 Å². The zero-order valence-electron chi connectivity index (χ0n) is 28.6. The standard InChI is InChI=1S/C37H72O5/c1-5-7-9-11-13-15-17-19-21-23-25-27-29-31-35(39)41-34(4)37(33(3)38)42-36(40)32-30-28-26-24-22-20-18-16-14-12-10-8-6-2/h33-34,37-38H,5-32H2,1-4H3. The lowest BCUT2D eigenvalue weighted by Gasteiger charge is -2.26. The SMILES string of the molecule is CCCCCCCCCCCCCCCC(=O)OC(C)C(OC(=O)CCCCCCCCCCCCCCC)C(C)O. The predicted molar refractivity (Wildman–Crippen MR) is 178 cm³/mol. The molecule has 3 atom stereocenters. The zero-order valence-corrected chi connectivity index (χ0v) is 28.6. The molecule has 0 rings (SSSR count). The molecule has 0 saturated heterocycles. The van der Waals surface area contributed by atoms with Crippen LogP contribution in [0.1, 0.15) is 207 Å². The number of aliphatic hydroxyl groups is 1. The summed E-state index contributed by atoms with van der Waals surface area (Å²) in [5.41, 5.74) is 0. The molecule has 0 aromatic heterocycles. The molecular weight excluding hydrogens is 524 g/mol. The van der Waals surface area contributed by atoms with Crippen molar-refractivity contribution in [2.75, 3.05) is 0 Å². The lowest BCUT2D eigenvalue weighted by molar-refractivity contribution is -0.174. The van der Waals surface area contributed by atoms with Gasteiger partial charge in [-0.2, -0.15) is 0 Å². The molecule has 1 N–H and O–H groups in total. The van der Waals surface area contributed by atoms with Crippen LogP contribution >= 0.6 is 0 Å². The second-order valence-corrected chi connectivity index (χ2v) is 12.9. The largest absolute Gasteiger partial charge is 0.459 e. The van der Waals surface area contributed by atoms with E-state index in [9.17, 15) is 14.7 Å². The van der Waals surface area contributed by atoms with Gasteiger partial charge in [-0.15, -0.1) is 0 Å². The van der Waals surface area contributed by atoms with Gasteiger partial charge in [0, 0.05) is 12.8 Å². The van der Waals surface area contributed by atoms with Gasteiger partial charge >= 0.3 is 11.9 Å². The van der Waals surface area contributed by atoms with Crippen molar-refractivity contribution >= 4 is 11.9 Å². The van der Waals surface area contributed by atoms with Crippen molar-refractivity contribution in [2.45, 2.75) is 226 Å². The van der Waals surface area contributed by atoms with Crippen LogP contribution in [0.25, 0.3) is 0 Å². The van der Waals surface area contributed by atoms with Crippen LogP contribution in [0.2, 0.25) is 0 Å². The first-order chi connectivity index (χ1) is 20.4. The number of unbranched alkanes of at least 4 members (excludes halogenated alkanes) is 24. The molecule has 0 aliphatic carbocycles. The Morgan fingerprint density at radius 1 is 0.452 bits per heavy atom. The molecule has 0 saturated carbocycles. The predicted octanol–water partition coefficient (Wildman–Crippen LogP) is 11.2. The van der Waals surface area contributed by atoms with E-state index in [1.54, 1.807) is 13.8 Å². The van der Waals surface area contributed by atoms with Gasteiger partial charge in [0.05, 0.1) is 6.10 Å². The summed E-state index contributed by atoms with van der Waals surface area (Å²) in [6, 6.07) is 0. The highest BCUT2D eigenvalue weighted by atomic mass is 16.6. The number of rotatable bonds is 32. The highest BCUT2D eigenvalue weighted by molar-refractivity contribution is 5.70. The third-order valence-electron chi connectivity index (χ3n) is 8.49. The second-order valence-electron chi connectivity index (χ2n) is 12.9. The Hall–Kier alpha value is -1.10. The summed E-state index contributed by atoms with van der Waals surface area (Å²) in [4.78, 5) is 24.7. The van der Waals surface area contributed by atoms with E-state index in [1.807, 2.05) is 0 Å². The van der Waals surface area contributed by atoms with E-state index >= 15 is 0 Å². The maximum Gasteiger partial charge on any atom is 0.306 e. The highest BCUT2D eigenvalue weighted by Crippen LogP contribution is 2.17. The lowest BCUT2D eigenvalue weighted by atomic mass is 10.0. The van der Waals surface area contributed by atoms with Crippen LogP contribution in [0.15, 0.2) is 0 Å². The number of carbonyl (C=O) groups is 2. The average molecular weight is 597 g/mol. The van der Waals surface area contributed by atoms with Crippen molar-refractivity contribution in [1.29, 1.82) is 0 Å². The monoisotopic (exact) mass is 597 g/mol. The summed E-state index contributed by atoms with van der Waals surface area (Å²) in [5, 5.41) is 10.2. The number of aliphatic hydroxyl groups excluding tert-OH is 1. The Kier molecular flexibility index (Phi) is 30.5. The summed E-state index contributed by atoms with van der Waals surface area (Å²) in [5.74, 6) is -0.591. The Morgan fingerprint density at radius 3 is 1.00 bits per heavy atom. The first kappa shape index (κ1) is 40.9. The van der Waals surface area contributed by atoms with Gasteiger partial charge in [0.2, 0.25) is 0 Å². The van der Waals surface area contributed by atoms with Gasteiger partial charge in [-0.05, 0) is 26.7 Å². The van der Waals surface area contributed by atoms with E-state index < -0.39 is 18.3 Å². The highest BCUT2D eigenvalue weighted by Gasteiger charge is 2.29. The van der Waals surface area contributed by atoms with Crippen LogP contribution < -0.4 is 0 Å². The van der Waals surface area contributed by atoms with Crippen LogP contribution in [0.3, 0.4) is 0 Å². The Morgan fingerprint density at radius 2 is 0.714 bits per heavy atom. The van der Waals surface area contributed by atoms with Gasteiger partial charge in [-0.1, -0.05) is 168 Å². The van der Waals surface area contributed by atoms with Crippen molar-refractivity contribution in [2.24, 2.45) is 0 Å². The van der Waals surface area contributed by atoms with E-state index in [2.05, 4.69) is 13.8 Å². The molecule has 0 aromatic rings. The van der Waals surface area contributed by atoms with Gasteiger partial charge in [0.25, 0.3) is 0 Å². The molecule has 0 heterocycles. The molecule has 5 heteroatoms. The topological polar surface area (TPSA) is 72.8 Å². The minimum atomic E-state index is -0.889. The van der Waals surface area contributed by atoms with Crippen molar-refractivity contribution in [3.05, 3.63) is 0 Å². The van der Waals surface area contributed by atoms with Crippen LogP contribution in [0, 0.1) is 0 Å². The molecule has 0 fully saturated rings. The molecule has 250 valence electrons. The second kappa shape index (κ2) is 31.3. The van der Waals surface area contributed by atoms with Gasteiger partial charge in [-0.25, -0.2) is 0 Å². The number of hydrogen-bond donors (Lipinski definition) is 1. The lowest BCUT2D eigenvalue weighted by Crippen LogP contribution is -2.40. The maximum absolute atomic E-state index is 12.4. The third kappa shape index (κ3) is 27.7. The molecule has 3 unspecified atom stereocenters. The zero-order chi connectivity index (χ0) is 31.1. The van der Waals surface area contributed by atoms with Crippen molar-refractivity contribution in [3.8, 4) is 0 Å². The molecule has 0 aromatic carbocycles. The number of carbonyl (C=O) groups excluding carboxylic acids is 2. The van der Waals surface area contributed by atoms with Gasteiger partial charge in [-0.3, -0.25) is 9.59 Å². The Bertz CT molecular complexity index is 591. The van der Waals surface area contributed by atoms with Crippen molar-refractivity contribution in [1.82, 2.24) is 0 Å². The smallest absolute Gasteiger partial charge is 0.306 e. The van der Waals surface area contributed by atoms with Crippen LogP contribution in [0.5, 0.6) is 0 Å². The van der Waals surface area contributed by atoms with Gasteiger partial charge in [0.1, 0.15) is 6.10 Å². The van der Waals surface area contributed by atoms with Crippen LogP contribution in [-0.4, -0.2) is 35.4 Å². The fourth-order valence-electron chi connectivity index (χ4n) is 5.70. The van der Waals surface area contributed by atoms with Crippen molar-refractivity contribution in [3.63, 3.8) is 0 Å². The summed E-state index contributed by atoms with van der Waals surface area (Å²) < 4.78 is 11.1. The molecular formula is C37H72O5. The summed E-state index contributed by atoms with van der Waals surface area (Å²) >= 11 is 0. The third-order valence-corrected chi connectivity index (χ3v) is 8.49. The average Bonchev–Trinajstić information content (AvgIpc) is 2.96.